The molecule has 0 spiro atoms. The van der Waals surface area contributed by atoms with Gasteiger partial charge in [-0.3, -0.25) is 14.5 Å². The number of carbonyl (C=O) groups is 2. The lowest BCUT2D eigenvalue weighted by atomic mass is 9.79. The topological polar surface area (TPSA) is 71.8 Å². The van der Waals surface area contributed by atoms with Crippen LogP contribution in [-0.2, 0) is 15.1 Å². The molecule has 1 aromatic heterocycles. The summed E-state index contributed by atoms with van der Waals surface area (Å²) < 4.78 is 11.3. The van der Waals surface area contributed by atoms with Gasteiger partial charge in [-0.15, -0.1) is 0 Å². The van der Waals surface area contributed by atoms with E-state index in [9.17, 15) is 9.59 Å². The fourth-order valence-electron chi connectivity index (χ4n) is 4.02. The fourth-order valence-corrected chi connectivity index (χ4v) is 4.02. The lowest BCUT2D eigenvalue weighted by Crippen LogP contribution is -2.67. The molecular formula is C24H24N2O4. The standard InChI is InChI=1S/C24H24N2O4/c1-15-9-11-19(16(2)13-15)26-22(27)14-24(26,21-12-10-17(3)30-21)23(28)25-18-7-5-6-8-20(18)29-4/h5-13H,14H2,1-4H3,(H,25,28). The quantitative estimate of drug-likeness (QED) is 0.636. The van der Waals surface area contributed by atoms with Crippen molar-refractivity contribution in [1.29, 1.82) is 0 Å². The predicted molar refractivity (Wildman–Crippen MR) is 115 cm³/mol. The summed E-state index contributed by atoms with van der Waals surface area (Å²) in [4.78, 5) is 28.1. The zero-order valence-corrected chi connectivity index (χ0v) is 17.5. The van der Waals surface area contributed by atoms with Crippen LogP contribution in [0.1, 0.15) is 29.1 Å². The van der Waals surface area contributed by atoms with Crippen LogP contribution >= 0.6 is 0 Å². The normalized spacial score (nSPS) is 18.1. The van der Waals surface area contributed by atoms with Gasteiger partial charge in [-0.05, 0) is 56.7 Å². The molecule has 0 aliphatic carbocycles. The van der Waals surface area contributed by atoms with Crippen molar-refractivity contribution in [2.45, 2.75) is 32.7 Å². The minimum Gasteiger partial charge on any atom is -0.495 e. The largest absolute Gasteiger partial charge is 0.495 e. The number of rotatable bonds is 5. The second kappa shape index (κ2) is 7.37. The van der Waals surface area contributed by atoms with Crippen molar-refractivity contribution in [3.8, 4) is 5.75 Å². The van der Waals surface area contributed by atoms with E-state index in [0.717, 1.165) is 11.1 Å². The number of anilines is 2. The van der Waals surface area contributed by atoms with Crippen LogP contribution in [0.15, 0.2) is 59.0 Å². The minimum absolute atomic E-state index is 0.0221. The van der Waals surface area contributed by atoms with Crippen molar-refractivity contribution in [2.75, 3.05) is 17.3 Å². The Morgan fingerprint density at radius 1 is 1.10 bits per heavy atom. The summed E-state index contributed by atoms with van der Waals surface area (Å²) in [5.74, 6) is 1.17. The van der Waals surface area contributed by atoms with E-state index >= 15 is 0 Å². The molecule has 0 saturated carbocycles. The van der Waals surface area contributed by atoms with E-state index in [-0.39, 0.29) is 18.2 Å². The first kappa shape index (κ1) is 19.8. The lowest BCUT2D eigenvalue weighted by molar-refractivity contribution is -0.138. The number of para-hydroxylation sites is 2. The second-order valence-electron chi connectivity index (χ2n) is 7.62. The highest BCUT2D eigenvalue weighted by Crippen LogP contribution is 2.47. The number of furan rings is 1. The molecule has 1 unspecified atom stereocenters. The first-order valence-corrected chi connectivity index (χ1v) is 9.78. The molecular weight excluding hydrogens is 380 g/mol. The van der Waals surface area contributed by atoms with Gasteiger partial charge in [-0.1, -0.05) is 29.8 Å². The molecule has 3 aromatic rings. The Balaban J connectivity index is 1.82. The Bertz CT molecular complexity index is 1130. The number of ether oxygens (including phenoxy) is 1. The van der Waals surface area contributed by atoms with Crippen molar-refractivity contribution in [3.63, 3.8) is 0 Å². The highest BCUT2D eigenvalue weighted by atomic mass is 16.5. The second-order valence-corrected chi connectivity index (χ2v) is 7.62. The van der Waals surface area contributed by atoms with E-state index < -0.39 is 5.54 Å². The third kappa shape index (κ3) is 3.05. The number of hydrogen-bond acceptors (Lipinski definition) is 4. The maximum absolute atomic E-state index is 13.7. The van der Waals surface area contributed by atoms with E-state index in [0.29, 0.717) is 28.6 Å². The Morgan fingerprint density at radius 2 is 1.87 bits per heavy atom. The van der Waals surface area contributed by atoms with Gasteiger partial charge in [0.2, 0.25) is 5.91 Å². The van der Waals surface area contributed by atoms with Gasteiger partial charge in [0.25, 0.3) is 5.91 Å². The molecule has 154 valence electrons. The molecule has 2 amide bonds. The number of β-lactam (4-membered cyclic amide) rings is 1. The summed E-state index contributed by atoms with van der Waals surface area (Å²) in [6, 6.07) is 16.6. The molecule has 6 nitrogen and oxygen atoms in total. The van der Waals surface area contributed by atoms with Crippen LogP contribution in [0.3, 0.4) is 0 Å². The zero-order valence-electron chi connectivity index (χ0n) is 17.5. The Hall–Kier alpha value is -3.54. The lowest BCUT2D eigenvalue weighted by Gasteiger charge is -2.49. The third-order valence-electron chi connectivity index (χ3n) is 5.51. The first-order valence-electron chi connectivity index (χ1n) is 9.78. The molecule has 6 heteroatoms. The molecule has 0 bridgehead atoms. The summed E-state index contributed by atoms with van der Waals surface area (Å²) in [5, 5.41) is 2.95. The van der Waals surface area contributed by atoms with Gasteiger partial charge in [0.15, 0.2) is 5.54 Å². The van der Waals surface area contributed by atoms with Crippen LogP contribution < -0.4 is 15.0 Å². The van der Waals surface area contributed by atoms with Crippen molar-refractivity contribution in [2.24, 2.45) is 0 Å². The smallest absolute Gasteiger partial charge is 0.259 e. The van der Waals surface area contributed by atoms with E-state index in [2.05, 4.69) is 5.32 Å². The van der Waals surface area contributed by atoms with Gasteiger partial charge in [0.05, 0.1) is 19.2 Å². The molecule has 1 aliphatic heterocycles. The number of carbonyl (C=O) groups excluding carboxylic acids is 2. The molecule has 1 fully saturated rings. The van der Waals surface area contributed by atoms with Crippen LogP contribution in [0.25, 0.3) is 0 Å². The van der Waals surface area contributed by atoms with Gasteiger partial charge >= 0.3 is 0 Å². The zero-order chi connectivity index (χ0) is 21.5. The van der Waals surface area contributed by atoms with Crippen molar-refractivity contribution >= 4 is 23.2 Å². The third-order valence-corrected chi connectivity index (χ3v) is 5.51. The summed E-state index contributed by atoms with van der Waals surface area (Å²) in [5.41, 5.74) is 1.96. The summed E-state index contributed by atoms with van der Waals surface area (Å²) in [6.07, 6.45) is 0.0221. The van der Waals surface area contributed by atoms with E-state index in [4.69, 9.17) is 9.15 Å². The maximum atomic E-state index is 13.7. The molecule has 0 radical (unpaired) electrons. The van der Waals surface area contributed by atoms with Crippen molar-refractivity contribution < 1.29 is 18.7 Å². The van der Waals surface area contributed by atoms with Crippen LogP contribution in [-0.4, -0.2) is 18.9 Å². The molecule has 2 aromatic carbocycles. The minimum atomic E-state index is -1.27. The van der Waals surface area contributed by atoms with Crippen LogP contribution in [0.4, 0.5) is 11.4 Å². The highest BCUT2D eigenvalue weighted by Gasteiger charge is 2.61. The highest BCUT2D eigenvalue weighted by molar-refractivity contribution is 6.17. The van der Waals surface area contributed by atoms with Gasteiger partial charge in [-0.2, -0.15) is 0 Å². The number of amides is 2. The number of hydrogen-bond donors (Lipinski definition) is 1. The van der Waals surface area contributed by atoms with E-state index in [1.807, 2.05) is 51.1 Å². The Kier molecular flexibility index (Phi) is 4.86. The summed E-state index contributed by atoms with van der Waals surface area (Å²) in [6.45, 7) is 5.74. The molecule has 30 heavy (non-hydrogen) atoms. The van der Waals surface area contributed by atoms with Crippen LogP contribution in [0, 0.1) is 20.8 Å². The number of benzene rings is 2. The Morgan fingerprint density at radius 3 is 2.50 bits per heavy atom. The van der Waals surface area contributed by atoms with Gasteiger partial charge in [-0.25, -0.2) is 0 Å². The first-order chi connectivity index (χ1) is 14.4. The molecule has 1 aliphatic rings. The molecule has 2 heterocycles. The van der Waals surface area contributed by atoms with Crippen molar-refractivity contribution in [3.05, 3.63) is 77.2 Å². The number of nitrogens with one attached hydrogen (secondary N) is 1. The van der Waals surface area contributed by atoms with Crippen molar-refractivity contribution in [1.82, 2.24) is 0 Å². The molecule has 4 rings (SSSR count). The fraction of sp³-hybridized carbons (Fsp3) is 0.250. The Labute approximate surface area is 175 Å². The maximum Gasteiger partial charge on any atom is 0.259 e. The summed E-state index contributed by atoms with van der Waals surface area (Å²) >= 11 is 0. The average Bonchev–Trinajstić information content (AvgIpc) is 3.14. The summed E-state index contributed by atoms with van der Waals surface area (Å²) in [7, 11) is 1.55. The molecule has 1 saturated heterocycles. The molecule has 1 N–H and O–H groups in total. The van der Waals surface area contributed by atoms with Gasteiger partial charge in [0, 0.05) is 5.69 Å². The number of nitrogens with zero attached hydrogens (tertiary/aromatic N) is 1. The van der Waals surface area contributed by atoms with Crippen LogP contribution in [0.5, 0.6) is 5.75 Å². The monoisotopic (exact) mass is 404 g/mol. The van der Waals surface area contributed by atoms with Gasteiger partial charge in [0.1, 0.15) is 17.3 Å². The predicted octanol–water partition coefficient (Wildman–Crippen LogP) is 4.48. The number of methoxy groups -OCH3 is 1. The van der Waals surface area contributed by atoms with Crippen LogP contribution in [0.2, 0.25) is 0 Å². The average molecular weight is 404 g/mol. The van der Waals surface area contributed by atoms with E-state index in [1.165, 1.54) is 0 Å². The SMILES string of the molecule is COc1ccccc1NC(=O)C1(c2ccc(C)o2)CC(=O)N1c1ccc(C)cc1C. The number of aryl methyl sites for hydroxylation is 3. The molecule has 1 atom stereocenters. The van der Waals surface area contributed by atoms with Gasteiger partial charge < -0.3 is 14.5 Å². The van der Waals surface area contributed by atoms with E-state index in [1.54, 1.807) is 36.3 Å².